The first-order valence-electron chi connectivity index (χ1n) is 7.84. The molecule has 3 rings (SSSR count). The number of aromatic amines is 1. The van der Waals surface area contributed by atoms with E-state index >= 15 is 0 Å². The molecule has 1 amide bonds. The minimum atomic E-state index is -0.210. The maximum absolute atomic E-state index is 12.5. The number of rotatable bonds is 5. The third kappa shape index (κ3) is 3.28. The highest BCUT2D eigenvalue weighted by molar-refractivity contribution is 5.93. The first-order valence-corrected chi connectivity index (χ1v) is 7.84. The van der Waals surface area contributed by atoms with Crippen molar-refractivity contribution >= 4 is 16.9 Å². The van der Waals surface area contributed by atoms with Crippen LogP contribution in [0.25, 0.3) is 11.0 Å². The molecule has 2 heterocycles. The van der Waals surface area contributed by atoms with Crippen LogP contribution in [0, 0.1) is 12.8 Å². The van der Waals surface area contributed by atoms with Crippen molar-refractivity contribution in [2.45, 2.75) is 33.2 Å². The van der Waals surface area contributed by atoms with Gasteiger partial charge in [-0.25, -0.2) is 4.98 Å². The first-order chi connectivity index (χ1) is 11.0. The van der Waals surface area contributed by atoms with E-state index < -0.39 is 0 Å². The molecule has 0 aliphatic carbocycles. The number of benzene rings is 1. The van der Waals surface area contributed by atoms with Gasteiger partial charge in [0.2, 0.25) is 0 Å². The van der Waals surface area contributed by atoms with Gasteiger partial charge in [-0.2, -0.15) is 0 Å². The van der Waals surface area contributed by atoms with Gasteiger partial charge in [-0.05, 0) is 37.5 Å². The lowest BCUT2D eigenvalue weighted by Crippen LogP contribution is -2.30. The molecule has 2 N–H and O–H groups in total. The lowest BCUT2D eigenvalue weighted by atomic mass is 10.0. The van der Waals surface area contributed by atoms with Crippen molar-refractivity contribution in [2.24, 2.45) is 5.92 Å². The summed E-state index contributed by atoms with van der Waals surface area (Å²) < 4.78 is 5.28. The smallest absolute Gasteiger partial charge is 0.287 e. The fraction of sp³-hybridized carbons (Fsp3) is 0.333. The number of imidazole rings is 1. The molecular formula is C18H21N3O2. The molecule has 0 spiro atoms. The molecule has 0 aliphatic rings. The van der Waals surface area contributed by atoms with E-state index in [9.17, 15) is 4.79 Å². The quantitative estimate of drug-likeness (QED) is 0.748. The van der Waals surface area contributed by atoms with Crippen LogP contribution in [0.3, 0.4) is 0 Å². The average Bonchev–Trinajstić information content (AvgIpc) is 3.11. The zero-order valence-corrected chi connectivity index (χ0v) is 13.6. The van der Waals surface area contributed by atoms with Gasteiger partial charge in [-0.15, -0.1) is 0 Å². The summed E-state index contributed by atoms with van der Waals surface area (Å²) >= 11 is 0. The van der Waals surface area contributed by atoms with Crippen LogP contribution in [-0.4, -0.2) is 15.9 Å². The number of carbonyl (C=O) groups is 1. The molecule has 3 aromatic rings. The molecule has 0 aliphatic heterocycles. The minimum Gasteiger partial charge on any atom is -0.459 e. The Bertz CT molecular complexity index is 783. The summed E-state index contributed by atoms with van der Waals surface area (Å²) in [5, 5.41) is 3.04. The fourth-order valence-electron chi connectivity index (χ4n) is 2.68. The van der Waals surface area contributed by atoms with E-state index in [2.05, 4.69) is 29.1 Å². The lowest BCUT2D eigenvalue weighted by Gasteiger charge is -2.18. The monoisotopic (exact) mass is 311 g/mol. The Hall–Kier alpha value is -2.56. The summed E-state index contributed by atoms with van der Waals surface area (Å²) in [6.45, 7) is 6.11. The van der Waals surface area contributed by atoms with Gasteiger partial charge in [-0.1, -0.05) is 26.0 Å². The summed E-state index contributed by atoms with van der Waals surface area (Å²) in [5.74, 6) is 1.34. The largest absolute Gasteiger partial charge is 0.459 e. The van der Waals surface area contributed by atoms with Crippen molar-refractivity contribution in [1.29, 1.82) is 0 Å². The second kappa shape index (κ2) is 6.28. The van der Waals surface area contributed by atoms with Crippen LogP contribution in [-0.2, 0) is 0 Å². The normalized spacial score (nSPS) is 12.7. The molecule has 120 valence electrons. The molecule has 0 fully saturated rings. The zero-order chi connectivity index (χ0) is 16.4. The predicted molar refractivity (Wildman–Crippen MR) is 89.2 cm³/mol. The SMILES string of the molecule is Cc1ccoc1C(=O)N[C@@H](CC(C)C)c1nc2ccccc2[nH]1. The van der Waals surface area contributed by atoms with Crippen LogP contribution in [0.1, 0.15) is 48.3 Å². The van der Waals surface area contributed by atoms with Gasteiger partial charge >= 0.3 is 0 Å². The van der Waals surface area contributed by atoms with E-state index in [-0.39, 0.29) is 11.9 Å². The number of carbonyl (C=O) groups excluding carboxylic acids is 1. The van der Waals surface area contributed by atoms with Gasteiger partial charge in [0.15, 0.2) is 5.76 Å². The molecule has 5 nitrogen and oxygen atoms in total. The van der Waals surface area contributed by atoms with E-state index in [0.717, 1.165) is 28.8 Å². The average molecular weight is 311 g/mol. The van der Waals surface area contributed by atoms with Crippen LogP contribution in [0.5, 0.6) is 0 Å². The molecule has 1 aromatic carbocycles. The number of fused-ring (bicyclic) bond motifs is 1. The molecule has 2 aromatic heterocycles. The Morgan fingerprint density at radius 2 is 2.09 bits per heavy atom. The summed E-state index contributed by atoms with van der Waals surface area (Å²) in [7, 11) is 0. The highest BCUT2D eigenvalue weighted by Crippen LogP contribution is 2.23. The summed E-state index contributed by atoms with van der Waals surface area (Å²) in [5.41, 5.74) is 2.70. The van der Waals surface area contributed by atoms with Gasteiger partial charge in [0, 0.05) is 5.56 Å². The number of nitrogens with one attached hydrogen (secondary N) is 2. The number of hydrogen-bond acceptors (Lipinski definition) is 3. The van der Waals surface area contributed by atoms with Gasteiger partial charge in [0.1, 0.15) is 5.82 Å². The van der Waals surface area contributed by atoms with Crippen molar-refractivity contribution in [3.05, 3.63) is 53.7 Å². The first kappa shape index (κ1) is 15.3. The molecule has 5 heteroatoms. The highest BCUT2D eigenvalue weighted by Gasteiger charge is 2.22. The van der Waals surface area contributed by atoms with Gasteiger partial charge in [-0.3, -0.25) is 4.79 Å². The molecule has 23 heavy (non-hydrogen) atoms. The number of para-hydroxylation sites is 2. The Morgan fingerprint density at radius 1 is 1.30 bits per heavy atom. The van der Waals surface area contributed by atoms with Crippen LogP contribution < -0.4 is 5.32 Å². The molecular weight excluding hydrogens is 290 g/mol. The number of H-pyrrole nitrogens is 1. The van der Waals surface area contributed by atoms with E-state index in [1.807, 2.05) is 31.2 Å². The summed E-state index contributed by atoms with van der Waals surface area (Å²) in [6, 6.07) is 9.46. The molecule has 0 saturated heterocycles. The molecule has 0 saturated carbocycles. The number of aromatic nitrogens is 2. The number of aryl methyl sites for hydroxylation is 1. The van der Waals surface area contributed by atoms with Crippen molar-refractivity contribution in [3.63, 3.8) is 0 Å². The van der Waals surface area contributed by atoms with Gasteiger partial charge in [0.05, 0.1) is 23.3 Å². The Labute approximate surface area is 135 Å². The third-order valence-corrected chi connectivity index (χ3v) is 3.82. The standard InChI is InChI=1S/C18H21N3O2/c1-11(2)10-15(21-18(22)16-12(3)8-9-23-16)17-19-13-6-4-5-7-14(13)20-17/h4-9,11,15H,10H2,1-3H3,(H,19,20)(H,21,22)/t15-/m0/s1. The Balaban J connectivity index is 1.88. The van der Waals surface area contributed by atoms with Crippen molar-refractivity contribution in [3.8, 4) is 0 Å². The molecule has 1 atom stereocenters. The topological polar surface area (TPSA) is 70.9 Å². The molecule has 0 bridgehead atoms. The van der Waals surface area contributed by atoms with Crippen LogP contribution in [0.2, 0.25) is 0 Å². The van der Waals surface area contributed by atoms with Gasteiger partial charge < -0.3 is 14.7 Å². The van der Waals surface area contributed by atoms with Crippen LogP contribution >= 0.6 is 0 Å². The van der Waals surface area contributed by atoms with Gasteiger partial charge in [0.25, 0.3) is 5.91 Å². The maximum atomic E-state index is 12.5. The minimum absolute atomic E-state index is 0.181. The number of amides is 1. The number of nitrogens with zero attached hydrogens (tertiary/aromatic N) is 1. The fourth-order valence-corrected chi connectivity index (χ4v) is 2.68. The summed E-state index contributed by atoms with van der Waals surface area (Å²) in [6.07, 6.45) is 2.33. The Morgan fingerprint density at radius 3 is 2.74 bits per heavy atom. The molecule has 0 unspecified atom stereocenters. The summed E-state index contributed by atoms with van der Waals surface area (Å²) in [4.78, 5) is 20.4. The second-order valence-corrected chi connectivity index (χ2v) is 6.23. The second-order valence-electron chi connectivity index (χ2n) is 6.23. The zero-order valence-electron chi connectivity index (χ0n) is 13.6. The van der Waals surface area contributed by atoms with E-state index in [1.54, 1.807) is 6.07 Å². The number of hydrogen-bond donors (Lipinski definition) is 2. The van der Waals surface area contributed by atoms with Crippen LogP contribution in [0.15, 0.2) is 41.0 Å². The maximum Gasteiger partial charge on any atom is 0.287 e. The van der Waals surface area contributed by atoms with E-state index in [4.69, 9.17) is 4.42 Å². The highest BCUT2D eigenvalue weighted by atomic mass is 16.3. The van der Waals surface area contributed by atoms with Crippen molar-refractivity contribution in [2.75, 3.05) is 0 Å². The Kier molecular flexibility index (Phi) is 4.19. The van der Waals surface area contributed by atoms with Crippen LogP contribution in [0.4, 0.5) is 0 Å². The third-order valence-electron chi connectivity index (χ3n) is 3.82. The predicted octanol–water partition coefficient (Wildman–Crippen LogP) is 3.98. The van der Waals surface area contributed by atoms with E-state index in [0.29, 0.717) is 11.7 Å². The molecule has 0 radical (unpaired) electrons. The van der Waals surface area contributed by atoms with E-state index in [1.165, 1.54) is 6.26 Å². The lowest BCUT2D eigenvalue weighted by molar-refractivity contribution is 0.0901. The van der Waals surface area contributed by atoms with Crippen molar-refractivity contribution < 1.29 is 9.21 Å². The van der Waals surface area contributed by atoms with Crippen molar-refractivity contribution in [1.82, 2.24) is 15.3 Å². The number of furan rings is 1.